The van der Waals surface area contributed by atoms with Gasteiger partial charge in [0.1, 0.15) is 0 Å². The van der Waals surface area contributed by atoms with E-state index >= 15 is 0 Å². The number of carbonyl (C=O) groups excluding carboxylic acids is 1. The van der Waals surface area contributed by atoms with Gasteiger partial charge in [0.2, 0.25) is 15.9 Å². The van der Waals surface area contributed by atoms with Crippen LogP contribution in [-0.2, 0) is 34.0 Å². The van der Waals surface area contributed by atoms with E-state index < -0.39 is 34.2 Å². The third-order valence-electron chi connectivity index (χ3n) is 6.67. The van der Waals surface area contributed by atoms with Gasteiger partial charge in [0.15, 0.2) is 0 Å². The Morgan fingerprint density at radius 2 is 1.63 bits per heavy atom. The fraction of sp³-hybridized carbons (Fsp3) is 0.300. The summed E-state index contributed by atoms with van der Waals surface area (Å²) in [5.41, 5.74) is 1.63. The number of carbonyl (C=O) groups is 1. The number of amides is 1. The Kier molecular flexibility index (Phi) is 9.46. The van der Waals surface area contributed by atoms with Crippen LogP contribution in [0.25, 0.3) is 10.9 Å². The van der Waals surface area contributed by atoms with Crippen molar-refractivity contribution in [2.24, 2.45) is 5.92 Å². The van der Waals surface area contributed by atoms with Crippen LogP contribution in [-0.4, -0.2) is 48.1 Å². The smallest absolute Gasteiger partial charge is 0.361 e. The number of nitrogens with zero attached hydrogens (tertiary/aromatic N) is 2. The van der Waals surface area contributed by atoms with Crippen LogP contribution in [0.15, 0.2) is 83.9 Å². The van der Waals surface area contributed by atoms with Gasteiger partial charge in [0, 0.05) is 41.8 Å². The normalized spacial score (nSPS) is 12.4. The highest BCUT2D eigenvalue weighted by Crippen LogP contribution is 2.29. The van der Waals surface area contributed by atoms with E-state index in [9.17, 15) is 26.4 Å². The van der Waals surface area contributed by atoms with Crippen LogP contribution in [0.4, 0.5) is 13.2 Å². The van der Waals surface area contributed by atoms with Gasteiger partial charge >= 0.3 is 6.18 Å². The van der Waals surface area contributed by atoms with Crippen LogP contribution in [0.3, 0.4) is 0 Å². The molecule has 0 aliphatic heterocycles. The second kappa shape index (κ2) is 12.7. The molecule has 0 unspecified atom stereocenters. The lowest BCUT2D eigenvalue weighted by atomic mass is 10.1. The molecule has 4 rings (SSSR count). The number of benzene rings is 3. The highest BCUT2D eigenvalue weighted by atomic mass is 35.5. The van der Waals surface area contributed by atoms with E-state index in [0.29, 0.717) is 17.0 Å². The van der Waals surface area contributed by atoms with Crippen molar-refractivity contribution in [3.63, 3.8) is 0 Å². The monoisotopic (exact) mass is 605 g/mol. The first-order valence-corrected chi connectivity index (χ1v) is 14.9. The predicted molar refractivity (Wildman–Crippen MR) is 154 cm³/mol. The van der Waals surface area contributed by atoms with Crippen molar-refractivity contribution in [2.45, 2.75) is 37.9 Å². The molecule has 0 bridgehead atoms. The number of aromatic nitrogens is 1. The Labute approximate surface area is 242 Å². The largest absolute Gasteiger partial charge is 0.416 e. The standard InChI is InChI=1S/C30H31ClF3N3O3S/c1-21(2)18-37(41(39,40)26-13-11-25(31)12-14-26)20-29(38)36(19-22-7-9-24(10-8-22)30(32,33)34)16-15-23-17-35-28-6-4-3-5-27(23)28/h3-14,17,21,35H,15-16,18-20H2,1-2H3. The summed E-state index contributed by atoms with van der Waals surface area (Å²) >= 11 is 5.94. The molecule has 0 fully saturated rings. The summed E-state index contributed by atoms with van der Waals surface area (Å²) in [7, 11) is -4.03. The second-order valence-electron chi connectivity index (χ2n) is 10.3. The maximum absolute atomic E-state index is 13.7. The summed E-state index contributed by atoms with van der Waals surface area (Å²) in [5, 5.41) is 1.39. The number of H-pyrrole nitrogens is 1. The van der Waals surface area contributed by atoms with Crippen molar-refractivity contribution in [1.82, 2.24) is 14.2 Å². The summed E-state index contributed by atoms with van der Waals surface area (Å²) in [6.45, 7) is 3.65. The molecule has 0 atom stereocenters. The molecule has 218 valence electrons. The van der Waals surface area contributed by atoms with E-state index in [2.05, 4.69) is 4.98 Å². The van der Waals surface area contributed by atoms with Crippen molar-refractivity contribution < 1.29 is 26.4 Å². The Hall–Kier alpha value is -3.34. The molecule has 0 aliphatic carbocycles. The molecule has 1 N–H and O–H groups in total. The van der Waals surface area contributed by atoms with Gasteiger partial charge in [-0.1, -0.05) is 55.8 Å². The Balaban J connectivity index is 1.60. The van der Waals surface area contributed by atoms with Crippen molar-refractivity contribution in [1.29, 1.82) is 0 Å². The highest BCUT2D eigenvalue weighted by molar-refractivity contribution is 7.89. The van der Waals surface area contributed by atoms with Crippen molar-refractivity contribution >= 4 is 38.4 Å². The number of para-hydroxylation sites is 1. The van der Waals surface area contributed by atoms with E-state index in [0.717, 1.165) is 32.9 Å². The summed E-state index contributed by atoms with van der Waals surface area (Å²) in [5.74, 6) is -0.526. The maximum atomic E-state index is 13.7. The van der Waals surface area contributed by atoms with Crippen LogP contribution in [0.2, 0.25) is 5.02 Å². The van der Waals surface area contributed by atoms with E-state index in [1.807, 2.05) is 44.3 Å². The molecular weight excluding hydrogens is 575 g/mol. The molecule has 41 heavy (non-hydrogen) atoms. The van der Waals surface area contributed by atoms with Gasteiger partial charge in [0.05, 0.1) is 17.0 Å². The Morgan fingerprint density at radius 3 is 2.27 bits per heavy atom. The first kappa shape index (κ1) is 30.6. The minimum Gasteiger partial charge on any atom is -0.361 e. The topological polar surface area (TPSA) is 73.5 Å². The summed E-state index contributed by atoms with van der Waals surface area (Å²) in [6.07, 6.45) is -2.15. The van der Waals surface area contributed by atoms with Gasteiger partial charge in [-0.15, -0.1) is 0 Å². The fourth-order valence-electron chi connectivity index (χ4n) is 4.57. The SMILES string of the molecule is CC(C)CN(CC(=O)N(CCc1c[nH]c2ccccc12)Cc1ccc(C(F)(F)F)cc1)S(=O)(=O)c1ccc(Cl)cc1. The van der Waals surface area contributed by atoms with Gasteiger partial charge < -0.3 is 9.88 Å². The Bertz CT molecular complexity index is 1590. The molecule has 0 radical (unpaired) electrons. The number of sulfonamides is 1. The second-order valence-corrected chi connectivity index (χ2v) is 12.6. The van der Waals surface area contributed by atoms with Gasteiger partial charge in [-0.25, -0.2) is 8.42 Å². The lowest BCUT2D eigenvalue weighted by Gasteiger charge is -2.28. The van der Waals surface area contributed by atoms with Crippen molar-refractivity contribution in [2.75, 3.05) is 19.6 Å². The quantitative estimate of drug-likeness (QED) is 0.205. The van der Waals surface area contributed by atoms with E-state index in [1.165, 1.54) is 41.3 Å². The molecule has 1 amide bonds. The molecule has 6 nitrogen and oxygen atoms in total. The molecule has 0 spiro atoms. The van der Waals surface area contributed by atoms with Crippen molar-refractivity contribution in [3.8, 4) is 0 Å². The zero-order valence-electron chi connectivity index (χ0n) is 22.7. The van der Waals surface area contributed by atoms with Gasteiger partial charge in [-0.05, 0) is 65.9 Å². The zero-order valence-corrected chi connectivity index (χ0v) is 24.2. The average molecular weight is 606 g/mol. The average Bonchev–Trinajstić information content (AvgIpc) is 3.33. The molecule has 0 saturated carbocycles. The molecular formula is C30H31ClF3N3O3S. The number of aromatic amines is 1. The Morgan fingerprint density at radius 1 is 0.976 bits per heavy atom. The van der Waals surface area contributed by atoms with E-state index in [4.69, 9.17) is 11.6 Å². The predicted octanol–water partition coefficient (Wildman–Crippen LogP) is 6.76. The minimum absolute atomic E-state index is 0.0171. The van der Waals surface area contributed by atoms with Gasteiger partial charge in [0.25, 0.3) is 0 Å². The number of hydrogen-bond acceptors (Lipinski definition) is 3. The number of nitrogens with one attached hydrogen (secondary N) is 1. The molecule has 1 heterocycles. The molecule has 4 aromatic rings. The lowest BCUT2D eigenvalue weighted by molar-refractivity contribution is -0.137. The van der Waals surface area contributed by atoms with E-state index in [1.54, 1.807) is 0 Å². The first-order valence-electron chi connectivity index (χ1n) is 13.1. The number of hydrogen-bond donors (Lipinski definition) is 1. The number of alkyl halides is 3. The fourth-order valence-corrected chi connectivity index (χ4v) is 6.25. The highest BCUT2D eigenvalue weighted by Gasteiger charge is 2.31. The number of rotatable bonds is 11. The van der Waals surface area contributed by atoms with Crippen LogP contribution in [0.5, 0.6) is 0 Å². The molecule has 0 saturated heterocycles. The van der Waals surface area contributed by atoms with Crippen LogP contribution in [0.1, 0.15) is 30.5 Å². The minimum atomic E-state index is -4.48. The first-order chi connectivity index (χ1) is 19.3. The zero-order chi connectivity index (χ0) is 29.8. The number of fused-ring (bicyclic) bond motifs is 1. The molecule has 3 aromatic carbocycles. The van der Waals surface area contributed by atoms with Crippen molar-refractivity contribution in [3.05, 3.63) is 101 Å². The molecule has 0 aliphatic rings. The molecule has 1 aromatic heterocycles. The third kappa shape index (κ3) is 7.69. The van der Waals surface area contributed by atoms with Gasteiger partial charge in [-0.3, -0.25) is 4.79 Å². The summed E-state index contributed by atoms with van der Waals surface area (Å²) in [4.78, 5) is 18.4. The number of halogens is 4. The van der Waals surface area contributed by atoms with Gasteiger partial charge in [-0.2, -0.15) is 17.5 Å². The van der Waals surface area contributed by atoms with Crippen LogP contribution in [0, 0.1) is 5.92 Å². The summed E-state index contributed by atoms with van der Waals surface area (Å²) in [6, 6.07) is 18.1. The molecule has 11 heteroatoms. The lowest BCUT2D eigenvalue weighted by Crippen LogP contribution is -2.44. The summed E-state index contributed by atoms with van der Waals surface area (Å²) < 4.78 is 67.5. The maximum Gasteiger partial charge on any atom is 0.416 e. The van der Waals surface area contributed by atoms with Crippen LogP contribution < -0.4 is 0 Å². The van der Waals surface area contributed by atoms with E-state index in [-0.39, 0.29) is 30.4 Å². The van der Waals surface area contributed by atoms with Crippen LogP contribution >= 0.6 is 11.6 Å². The third-order valence-corrected chi connectivity index (χ3v) is 8.74.